The molecule has 170 valence electrons. The number of para-hydroxylation sites is 1. The zero-order valence-corrected chi connectivity index (χ0v) is 20.5. The van der Waals surface area contributed by atoms with Gasteiger partial charge in [-0.25, -0.2) is 15.0 Å². The molecule has 0 spiro atoms. The Morgan fingerprint density at radius 1 is 1.12 bits per heavy atom. The summed E-state index contributed by atoms with van der Waals surface area (Å²) in [5.74, 6) is 0.511. The van der Waals surface area contributed by atoms with Gasteiger partial charge in [0.1, 0.15) is 15.9 Å². The molecule has 6 nitrogen and oxygen atoms in total. The number of H-pyrrole nitrogens is 1. The van der Waals surface area contributed by atoms with E-state index in [4.69, 9.17) is 9.97 Å². The summed E-state index contributed by atoms with van der Waals surface area (Å²) >= 11 is 3.22. The number of aromatic amines is 1. The zero-order chi connectivity index (χ0) is 22.6. The van der Waals surface area contributed by atoms with E-state index in [2.05, 4.69) is 29.9 Å². The Labute approximate surface area is 201 Å². The maximum absolute atomic E-state index is 13.8. The number of aromatic nitrogens is 4. The molecule has 1 atom stereocenters. The van der Waals surface area contributed by atoms with Gasteiger partial charge in [0.15, 0.2) is 0 Å². The number of amides is 1. The van der Waals surface area contributed by atoms with Crippen LogP contribution in [-0.2, 0) is 6.42 Å². The summed E-state index contributed by atoms with van der Waals surface area (Å²) in [5, 5.41) is 2.03. The molecule has 1 fully saturated rings. The predicted molar refractivity (Wildman–Crippen MR) is 132 cm³/mol. The van der Waals surface area contributed by atoms with E-state index in [-0.39, 0.29) is 11.9 Å². The molecule has 4 heterocycles. The van der Waals surface area contributed by atoms with Gasteiger partial charge in [0.05, 0.1) is 33.4 Å². The zero-order valence-electron chi connectivity index (χ0n) is 18.9. The first-order valence-corrected chi connectivity index (χ1v) is 13.3. The van der Waals surface area contributed by atoms with Crippen molar-refractivity contribution in [3.05, 3.63) is 63.1 Å². The molecule has 6 rings (SSSR count). The predicted octanol–water partition coefficient (Wildman–Crippen LogP) is 5.95. The third-order valence-electron chi connectivity index (χ3n) is 7.15. The normalized spacial score (nSPS) is 20.8. The van der Waals surface area contributed by atoms with Gasteiger partial charge in [-0.1, -0.05) is 26.0 Å². The number of nitrogens with zero attached hydrogens (tertiary/aromatic N) is 4. The number of carbonyl (C=O) groups is 1. The first-order valence-electron chi connectivity index (χ1n) is 11.6. The Morgan fingerprint density at radius 3 is 2.76 bits per heavy atom. The van der Waals surface area contributed by atoms with E-state index in [1.807, 2.05) is 23.1 Å². The average molecular weight is 478 g/mol. The first kappa shape index (κ1) is 21.0. The fraction of sp³-hybridized carbons (Fsp3) is 0.440. The van der Waals surface area contributed by atoms with E-state index in [1.165, 1.54) is 12.8 Å². The molecule has 1 aliphatic heterocycles. The van der Waals surface area contributed by atoms with Crippen molar-refractivity contribution in [1.29, 1.82) is 0 Å². The molecule has 0 unspecified atom stereocenters. The van der Waals surface area contributed by atoms with E-state index >= 15 is 0 Å². The van der Waals surface area contributed by atoms with Crippen LogP contribution in [0, 0.1) is 5.41 Å². The van der Waals surface area contributed by atoms with Crippen LogP contribution < -0.4 is 0 Å². The van der Waals surface area contributed by atoms with E-state index in [0.717, 1.165) is 55.8 Å². The number of fused-ring (bicyclic) bond motifs is 2. The van der Waals surface area contributed by atoms with Crippen LogP contribution in [0.5, 0.6) is 0 Å². The highest BCUT2D eigenvalue weighted by Crippen LogP contribution is 2.44. The van der Waals surface area contributed by atoms with Gasteiger partial charge in [-0.15, -0.1) is 22.7 Å². The molecular weight excluding hydrogens is 450 g/mol. The van der Waals surface area contributed by atoms with Gasteiger partial charge in [0.2, 0.25) is 0 Å². The second-order valence-electron chi connectivity index (χ2n) is 9.94. The van der Waals surface area contributed by atoms with Gasteiger partial charge in [0.25, 0.3) is 5.91 Å². The number of rotatable bonds is 3. The highest BCUT2D eigenvalue weighted by molar-refractivity contribution is 7.18. The molecule has 33 heavy (non-hydrogen) atoms. The summed E-state index contributed by atoms with van der Waals surface area (Å²) in [4.78, 5) is 33.9. The summed E-state index contributed by atoms with van der Waals surface area (Å²) < 4.78 is 1.13. The first-order chi connectivity index (χ1) is 16.0. The van der Waals surface area contributed by atoms with Crippen molar-refractivity contribution in [2.24, 2.45) is 5.41 Å². The Balaban J connectivity index is 1.31. The van der Waals surface area contributed by atoms with E-state index in [9.17, 15) is 4.79 Å². The van der Waals surface area contributed by atoms with Gasteiger partial charge in [-0.05, 0) is 43.2 Å². The fourth-order valence-electron chi connectivity index (χ4n) is 5.12. The lowest BCUT2D eigenvalue weighted by molar-refractivity contribution is 0.0695. The second-order valence-corrected chi connectivity index (χ2v) is 12.1. The molecule has 8 heteroatoms. The summed E-state index contributed by atoms with van der Waals surface area (Å²) in [6.45, 7) is 5.34. The van der Waals surface area contributed by atoms with Crippen LogP contribution in [0.4, 0.5) is 0 Å². The number of benzene rings is 1. The lowest BCUT2D eigenvalue weighted by atomic mass is 9.73. The monoisotopic (exact) mass is 477 g/mol. The number of thiazole rings is 2. The van der Waals surface area contributed by atoms with Gasteiger partial charge >= 0.3 is 0 Å². The number of nitrogens with one attached hydrogen (secondary N) is 1. The van der Waals surface area contributed by atoms with Crippen LogP contribution in [0.15, 0.2) is 36.8 Å². The Morgan fingerprint density at radius 2 is 1.94 bits per heavy atom. The van der Waals surface area contributed by atoms with Gasteiger partial charge in [-0.3, -0.25) is 4.79 Å². The molecule has 4 aromatic rings. The molecule has 0 saturated heterocycles. The van der Waals surface area contributed by atoms with Crippen LogP contribution in [0.2, 0.25) is 0 Å². The van der Waals surface area contributed by atoms with Crippen molar-refractivity contribution in [1.82, 2.24) is 24.8 Å². The summed E-state index contributed by atoms with van der Waals surface area (Å²) in [7, 11) is 0. The number of carbonyl (C=O) groups excluding carboxylic acids is 1. The van der Waals surface area contributed by atoms with Crippen molar-refractivity contribution in [2.45, 2.75) is 57.9 Å². The highest BCUT2D eigenvalue weighted by Gasteiger charge is 2.37. The second kappa shape index (κ2) is 8.02. The van der Waals surface area contributed by atoms with Crippen molar-refractivity contribution in [3.63, 3.8) is 0 Å². The maximum atomic E-state index is 13.8. The van der Waals surface area contributed by atoms with Gasteiger partial charge in [-0.2, -0.15) is 0 Å². The minimum absolute atomic E-state index is 0.0350. The minimum atomic E-state index is -0.272. The van der Waals surface area contributed by atoms with Gasteiger partial charge in [0, 0.05) is 24.6 Å². The van der Waals surface area contributed by atoms with Crippen LogP contribution >= 0.6 is 22.7 Å². The lowest BCUT2D eigenvalue weighted by Gasteiger charge is -2.33. The number of hydrogen-bond acceptors (Lipinski definition) is 6. The number of hydrogen-bond donors (Lipinski definition) is 1. The summed E-state index contributed by atoms with van der Waals surface area (Å²) in [5.41, 5.74) is 3.39. The molecule has 2 aliphatic rings. The molecule has 3 aromatic heterocycles. The van der Waals surface area contributed by atoms with Crippen molar-refractivity contribution in [2.75, 3.05) is 6.54 Å². The van der Waals surface area contributed by atoms with Gasteiger partial charge < -0.3 is 9.88 Å². The SMILES string of the molecule is CC1(C)CCC(c2ncc(C(=O)N3CCc4[nH]cnc4[C@H]3c3nc4ccccc4s3)s2)CC1. The smallest absolute Gasteiger partial charge is 0.266 e. The highest BCUT2D eigenvalue weighted by atomic mass is 32.1. The molecule has 0 radical (unpaired) electrons. The Kier molecular flexibility index (Phi) is 5.10. The van der Waals surface area contributed by atoms with Crippen LogP contribution in [0.25, 0.3) is 10.2 Å². The number of imidazole rings is 1. The van der Waals surface area contributed by atoms with E-state index < -0.39 is 0 Å². The summed E-state index contributed by atoms with van der Waals surface area (Å²) in [6.07, 6.45) is 9.03. The largest absolute Gasteiger partial charge is 0.348 e. The van der Waals surface area contributed by atoms with Crippen LogP contribution in [0.3, 0.4) is 0 Å². The quantitative estimate of drug-likeness (QED) is 0.396. The summed E-state index contributed by atoms with van der Waals surface area (Å²) in [6, 6.07) is 7.86. The third kappa shape index (κ3) is 3.79. The van der Waals surface area contributed by atoms with Crippen molar-refractivity contribution >= 4 is 38.8 Å². The lowest BCUT2D eigenvalue weighted by Crippen LogP contribution is -2.40. The standard InChI is InChI=1S/C25H27N5OS2/c1-25(2)10-7-15(8-11-25)22-26-13-19(33-22)24(31)30-12-9-17-20(28-14-27-17)21(30)23-29-16-5-3-4-6-18(16)32-23/h3-6,13-15,21H,7-12H2,1-2H3,(H,27,28)/t21-/m0/s1. The molecule has 1 N–H and O–H groups in total. The Bertz CT molecular complexity index is 1280. The topological polar surface area (TPSA) is 74.8 Å². The maximum Gasteiger partial charge on any atom is 0.266 e. The van der Waals surface area contributed by atoms with Crippen molar-refractivity contribution < 1.29 is 4.79 Å². The fourth-order valence-corrected chi connectivity index (χ4v) is 7.24. The Hall–Kier alpha value is -2.58. The molecule has 0 bridgehead atoms. The van der Waals surface area contributed by atoms with E-state index in [1.54, 1.807) is 35.2 Å². The molecular formula is C25H27N5OS2. The van der Waals surface area contributed by atoms with Crippen molar-refractivity contribution in [3.8, 4) is 0 Å². The average Bonchev–Trinajstić information content (AvgIpc) is 3.56. The van der Waals surface area contributed by atoms with Crippen LogP contribution in [-0.4, -0.2) is 37.3 Å². The molecule has 1 saturated carbocycles. The van der Waals surface area contributed by atoms with E-state index in [0.29, 0.717) is 17.9 Å². The van der Waals surface area contributed by atoms with Crippen LogP contribution in [0.1, 0.15) is 82.6 Å². The minimum Gasteiger partial charge on any atom is -0.348 e. The molecule has 1 aromatic carbocycles. The third-order valence-corrected chi connectivity index (χ3v) is 9.39. The molecule has 1 aliphatic carbocycles. The molecule has 1 amide bonds.